The van der Waals surface area contributed by atoms with E-state index in [0.29, 0.717) is 5.52 Å². The maximum atomic E-state index is 13.5. The molecule has 1 aromatic heterocycles. The lowest BCUT2D eigenvalue weighted by atomic mass is 10.1. The Morgan fingerprint density at radius 3 is 2.72 bits per heavy atom. The predicted molar refractivity (Wildman–Crippen MR) is 99.2 cm³/mol. The minimum Gasteiger partial charge on any atom is -0.350 e. The number of amides is 1. The standard InChI is InChI=1S/C19H16BrFN2O2/c1-11(12-4-3-5-13(20)8-12)22-19(25)16-10-23(2)17-7-6-14(21)9-15(17)18(16)24/h3-11H,1-2H3,(H,22,25). The van der Waals surface area contributed by atoms with Crippen LogP contribution in [0.5, 0.6) is 0 Å². The second-order valence-corrected chi connectivity index (χ2v) is 6.81. The highest BCUT2D eigenvalue weighted by atomic mass is 79.9. The van der Waals surface area contributed by atoms with Gasteiger partial charge in [-0.05, 0) is 42.8 Å². The molecule has 2 aromatic carbocycles. The number of hydrogen-bond acceptors (Lipinski definition) is 2. The lowest BCUT2D eigenvalue weighted by Crippen LogP contribution is -2.31. The van der Waals surface area contributed by atoms with Gasteiger partial charge in [-0.2, -0.15) is 0 Å². The van der Waals surface area contributed by atoms with Gasteiger partial charge in [0, 0.05) is 23.1 Å². The summed E-state index contributed by atoms with van der Waals surface area (Å²) in [5.41, 5.74) is 0.989. The summed E-state index contributed by atoms with van der Waals surface area (Å²) < 4.78 is 16.1. The maximum Gasteiger partial charge on any atom is 0.257 e. The summed E-state index contributed by atoms with van der Waals surface area (Å²) in [5, 5.41) is 3.01. The number of aryl methyl sites for hydroxylation is 1. The highest BCUT2D eigenvalue weighted by molar-refractivity contribution is 9.10. The fourth-order valence-corrected chi connectivity index (χ4v) is 3.18. The molecule has 25 heavy (non-hydrogen) atoms. The Balaban J connectivity index is 1.97. The van der Waals surface area contributed by atoms with E-state index in [1.807, 2.05) is 31.2 Å². The van der Waals surface area contributed by atoms with Gasteiger partial charge in [0.25, 0.3) is 5.91 Å². The Morgan fingerprint density at radius 1 is 1.24 bits per heavy atom. The number of nitrogens with zero attached hydrogens (tertiary/aromatic N) is 1. The monoisotopic (exact) mass is 402 g/mol. The van der Waals surface area contributed by atoms with E-state index in [1.54, 1.807) is 11.6 Å². The zero-order chi connectivity index (χ0) is 18.1. The van der Waals surface area contributed by atoms with Gasteiger partial charge in [0.05, 0.1) is 11.6 Å². The summed E-state index contributed by atoms with van der Waals surface area (Å²) in [4.78, 5) is 25.2. The van der Waals surface area contributed by atoms with Crippen molar-refractivity contribution in [3.05, 3.63) is 80.3 Å². The van der Waals surface area contributed by atoms with Crippen molar-refractivity contribution in [3.63, 3.8) is 0 Å². The lowest BCUT2D eigenvalue weighted by Gasteiger charge is -2.15. The number of rotatable bonds is 3. The summed E-state index contributed by atoms with van der Waals surface area (Å²) in [6, 6.07) is 11.3. The normalized spacial score (nSPS) is 12.2. The Morgan fingerprint density at radius 2 is 2.00 bits per heavy atom. The van der Waals surface area contributed by atoms with Crippen LogP contribution in [-0.4, -0.2) is 10.5 Å². The fraction of sp³-hybridized carbons (Fsp3) is 0.158. The van der Waals surface area contributed by atoms with Crippen LogP contribution in [0, 0.1) is 5.82 Å². The topological polar surface area (TPSA) is 51.1 Å². The van der Waals surface area contributed by atoms with Gasteiger partial charge in [0.1, 0.15) is 11.4 Å². The van der Waals surface area contributed by atoms with Gasteiger partial charge >= 0.3 is 0 Å². The van der Waals surface area contributed by atoms with E-state index in [0.717, 1.165) is 16.1 Å². The van der Waals surface area contributed by atoms with Crippen LogP contribution in [0.2, 0.25) is 0 Å². The molecule has 0 saturated carbocycles. The average molecular weight is 403 g/mol. The molecule has 4 nitrogen and oxygen atoms in total. The molecule has 1 atom stereocenters. The summed E-state index contributed by atoms with van der Waals surface area (Å²) in [6.07, 6.45) is 1.48. The molecule has 1 N–H and O–H groups in total. The molecular formula is C19H16BrFN2O2. The molecule has 1 amide bonds. The van der Waals surface area contributed by atoms with Crippen LogP contribution in [0.25, 0.3) is 10.9 Å². The van der Waals surface area contributed by atoms with Gasteiger partial charge in [-0.15, -0.1) is 0 Å². The Bertz CT molecular complexity index is 1030. The molecular weight excluding hydrogens is 387 g/mol. The molecule has 1 unspecified atom stereocenters. The Kier molecular flexibility index (Phi) is 4.72. The van der Waals surface area contributed by atoms with Crippen molar-refractivity contribution in [2.45, 2.75) is 13.0 Å². The molecule has 1 heterocycles. The van der Waals surface area contributed by atoms with Crippen LogP contribution < -0.4 is 10.7 Å². The number of hydrogen-bond donors (Lipinski definition) is 1. The molecule has 0 spiro atoms. The van der Waals surface area contributed by atoms with E-state index >= 15 is 0 Å². The molecule has 0 fully saturated rings. The maximum absolute atomic E-state index is 13.5. The van der Waals surface area contributed by atoms with Gasteiger partial charge in [0.15, 0.2) is 0 Å². The van der Waals surface area contributed by atoms with Crippen LogP contribution in [-0.2, 0) is 7.05 Å². The highest BCUT2D eigenvalue weighted by Crippen LogP contribution is 2.18. The minimum atomic E-state index is -0.510. The molecule has 3 aromatic rings. The molecule has 0 aliphatic carbocycles. The smallest absolute Gasteiger partial charge is 0.257 e. The quantitative estimate of drug-likeness (QED) is 0.721. The number of benzene rings is 2. The first-order valence-corrected chi connectivity index (χ1v) is 8.51. The van der Waals surface area contributed by atoms with E-state index in [1.165, 1.54) is 18.3 Å². The lowest BCUT2D eigenvalue weighted by molar-refractivity contribution is 0.0938. The average Bonchev–Trinajstić information content (AvgIpc) is 2.57. The van der Waals surface area contributed by atoms with Crippen molar-refractivity contribution in [1.29, 1.82) is 0 Å². The van der Waals surface area contributed by atoms with Crippen LogP contribution >= 0.6 is 15.9 Å². The largest absolute Gasteiger partial charge is 0.350 e. The number of nitrogens with one attached hydrogen (secondary N) is 1. The van der Waals surface area contributed by atoms with Crippen LogP contribution in [0.1, 0.15) is 28.9 Å². The van der Waals surface area contributed by atoms with E-state index in [9.17, 15) is 14.0 Å². The molecule has 3 rings (SSSR count). The van der Waals surface area contributed by atoms with Crippen LogP contribution in [0.4, 0.5) is 4.39 Å². The number of carbonyl (C=O) groups is 1. The van der Waals surface area contributed by atoms with Crippen molar-refractivity contribution in [2.24, 2.45) is 7.05 Å². The van der Waals surface area contributed by atoms with Gasteiger partial charge in [-0.1, -0.05) is 28.1 Å². The summed E-state index contributed by atoms with van der Waals surface area (Å²) in [5.74, 6) is -0.996. The molecule has 6 heteroatoms. The number of aromatic nitrogens is 1. The second-order valence-electron chi connectivity index (χ2n) is 5.89. The van der Waals surface area contributed by atoms with Crippen molar-refractivity contribution >= 4 is 32.7 Å². The zero-order valence-corrected chi connectivity index (χ0v) is 15.3. The molecule has 0 aliphatic rings. The van der Waals surface area contributed by atoms with Crippen molar-refractivity contribution < 1.29 is 9.18 Å². The predicted octanol–water partition coefficient (Wildman–Crippen LogP) is 3.93. The van der Waals surface area contributed by atoms with Crippen molar-refractivity contribution in [1.82, 2.24) is 9.88 Å². The van der Waals surface area contributed by atoms with Gasteiger partial charge in [-0.25, -0.2) is 4.39 Å². The van der Waals surface area contributed by atoms with E-state index in [4.69, 9.17) is 0 Å². The Labute approximate surface area is 152 Å². The SMILES string of the molecule is CC(NC(=O)c1cn(C)c2ccc(F)cc2c1=O)c1cccc(Br)c1. The number of fused-ring (bicyclic) bond motifs is 1. The Hall–Kier alpha value is -2.47. The molecule has 0 aliphatic heterocycles. The number of pyridine rings is 1. The molecule has 0 radical (unpaired) electrons. The zero-order valence-electron chi connectivity index (χ0n) is 13.7. The number of carbonyl (C=O) groups excluding carboxylic acids is 1. The first-order valence-electron chi connectivity index (χ1n) is 7.72. The summed E-state index contributed by atoms with van der Waals surface area (Å²) in [7, 11) is 1.72. The van der Waals surface area contributed by atoms with E-state index in [2.05, 4.69) is 21.2 Å². The highest BCUT2D eigenvalue weighted by Gasteiger charge is 2.17. The van der Waals surface area contributed by atoms with E-state index < -0.39 is 17.2 Å². The van der Waals surface area contributed by atoms with Crippen molar-refractivity contribution in [2.75, 3.05) is 0 Å². The van der Waals surface area contributed by atoms with E-state index in [-0.39, 0.29) is 17.0 Å². The number of halogens is 2. The van der Waals surface area contributed by atoms with Gasteiger partial charge < -0.3 is 9.88 Å². The van der Waals surface area contributed by atoms with Crippen molar-refractivity contribution in [3.8, 4) is 0 Å². The minimum absolute atomic E-state index is 0.0116. The van der Waals surface area contributed by atoms with Gasteiger partial charge in [-0.3, -0.25) is 9.59 Å². The third kappa shape index (κ3) is 3.49. The fourth-order valence-electron chi connectivity index (χ4n) is 2.76. The van der Waals surface area contributed by atoms with Crippen LogP contribution in [0.15, 0.2) is 57.9 Å². The molecule has 128 valence electrons. The summed E-state index contributed by atoms with van der Waals surface area (Å²) >= 11 is 3.40. The van der Waals surface area contributed by atoms with Gasteiger partial charge in [0.2, 0.25) is 5.43 Å². The first kappa shape index (κ1) is 17.4. The molecule has 0 saturated heterocycles. The first-order chi connectivity index (χ1) is 11.9. The second kappa shape index (κ2) is 6.80. The third-order valence-electron chi connectivity index (χ3n) is 4.09. The molecule has 0 bridgehead atoms. The summed E-state index contributed by atoms with van der Waals surface area (Å²) in [6.45, 7) is 1.84. The van der Waals surface area contributed by atoms with Crippen LogP contribution in [0.3, 0.4) is 0 Å². The third-order valence-corrected chi connectivity index (χ3v) is 4.58.